The maximum Gasteiger partial charge on any atom is 0.164 e. The van der Waals surface area contributed by atoms with E-state index in [-0.39, 0.29) is 5.41 Å². The van der Waals surface area contributed by atoms with Crippen molar-refractivity contribution in [2.75, 3.05) is 19.0 Å². The van der Waals surface area contributed by atoms with Gasteiger partial charge in [0.15, 0.2) is 11.5 Å². The van der Waals surface area contributed by atoms with Crippen LogP contribution in [0.4, 0.5) is 0 Å². The van der Waals surface area contributed by atoms with Crippen molar-refractivity contribution in [3.05, 3.63) is 23.8 Å². The van der Waals surface area contributed by atoms with Crippen molar-refractivity contribution < 1.29 is 9.47 Å². The lowest BCUT2D eigenvalue weighted by Crippen LogP contribution is -2.20. The van der Waals surface area contributed by atoms with Gasteiger partial charge in [0.25, 0.3) is 0 Å². The van der Waals surface area contributed by atoms with Crippen molar-refractivity contribution in [2.24, 2.45) is 0 Å². The van der Waals surface area contributed by atoms with Gasteiger partial charge in [0.2, 0.25) is 0 Å². The normalized spacial score (nSPS) is 11.3. The fourth-order valence-corrected chi connectivity index (χ4v) is 1.90. The molecule has 0 atom stereocenters. The van der Waals surface area contributed by atoms with Gasteiger partial charge >= 0.3 is 0 Å². The van der Waals surface area contributed by atoms with E-state index < -0.39 is 0 Å². The maximum absolute atomic E-state index is 5.57. The third-order valence-corrected chi connectivity index (χ3v) is 3.95. The van der Waals surface area contributed by atoms with Crippen LogP contribution in [0.25, 0.3) is 0 Å². The second-order valence-electron chi connectivity index (χ2n) is 4.29. The molecule has 1 aromatic carbocycles. The molecule has 0 unspecified atom stereocenters. The lowest BCUT2D eigenvalue weighted by molar-refractivity contribution is 0.306. The molecule has 0 aliphatic rings. The Morgan fingerprint density at radius 3 is 2.50 bits per heavy atom. The third-order valence-electron chi connectivity index (χ3n) is 2.55. The summed E-state index contributed by atoms with van der Waals surface area (Å²) in [7, 11) is 1.69. The number of ether oxygens (including phenoxy) is 2. The van der Waals surface area contributed by atoms with E-state index in [4.69, 9.17) is 9.47 Å². The number of methoxy groups -OCH3 is 1. The molecular formula is C13H19BrO2. The molecule has 16 heavy (non-hydrogen) atoms. The van der Waals surface area contributed by atoms with E-state index in [9.17, 15) is 0 Å². The Labute approximate surface area is 106 Å². The van der Waals surface area contributed by atoms with Gasteiger partial charge in [0, 0.05) is 16.3 Å². The number of halogens is 1. The Bertz CT molecular complexity index is 348. The quantitative estimate of drug-likeness (QED) is 0.768. The molecular weight excluding hydrogens is 268 g/mol. The zero-order valence-electron chi connectivity index (χ0n) is 10.3. The molecule has 0 heterocycles. The molecule has 1 aromatic rings. The first kappa shape index (κ1) is 13.4. The summed E-state index contributed by atoms with van der Waals surface area (Å²) in [5, 5.41) is 0.881. The zero-order valence-corrected chi connectivity index (χ0v) is 11.9. The van der Waals surface area contributed by atoms with Crippen LogP contribution in [0.3, 0.4) is 0 Å². The van der Waals surface area contributed by atoms with Crippen LogP contribution >= 0.6 is 15.9 Å². The predicted octanol–water partition coefficient (Wildman–Crippen LogP) is 3.77. The van der Waals surface area contributed by atoms with E-state index in [1.54, 1.807) is 7.11 Å². The number of benzene rings is 1. The number of hydrogen-bond acceptors (Lipinski definition) is 2. The number of alkyl halides is 1. The Hall–Kier alpha value is -0.700. The molecule has 0 saturated carbocycles. The lowest BCUT2D eigenvalue weighted by atomic mass is 9.86. The van der Waals surface area contributed by atoms with E-state index in [0.717, 1.165) is 22.4 Å². The molecule has 90 valence electrons. The number of hydrogen-bond donors (Lipinski definition) is 0. The average molecular weight is 287 g/mol. The molecule has 0 aliphatic heterocycles. The van der Waals surface area contributed by atoms with Gasteiger partial charge in [0.1, 0.15) is 0 Å². The summed E-state index contributed by atoms with van der Waals surface area (Å²) in [6.07, 6.45) is 0. The van der Waals surface area contributed by atoms with Gasteiger partial charge in [-0.1, -0.05) is 41.9 Å². The standard InChI is InChI=1S/C13H19BrO2/c1-5-16-11-8-6-7-10(12(11)15-4)13(2,3)9-14/h6-8H,5,9H2,1-4H3. The largest absolute Gasteiger partial charge is 0.493 e. The minimum atomic E-state index is 0.0262. The first-order valence-electron chi connectivity index (χ1n) is 5.43. The molecule has 0 N–H and O–H groups in total. The second-order valence-corrected chi connectivity index (χ2v) is 4.85. The number of rotatable bonds is 5. The van der Waals surface area contributed by atoms with Crippen molar-refractivity contribution in [2.45, 2.75) is 26.2 Å². The fraction of sp³-hybridized carbons (Fsp3) is 0.538. The molecule has 2 nitrogen and oxygen atoms in total. The molecule has 0 spiro atoms. The monoisotopic (exact) mass is 286 g/mol. The lowest BCUT2D eigenvalue weighted by Gasteiger charge is -2.25. The van der Waals surface area contributed by atoms with E-state index in [0.29, 0.717) is 6.61 Å². The highest BCUT2D eigenvalue weighted by Gasteiger charge is 2.25. The van der Waals surface area contributed by atoms with Crippen LogP contribution in [0.1, 0.15) is 26.3 Å². The molecule has 0 aromatic heterocycles. The van der Waals surface area contributed by atoms with E-state index in [1.165, 1.54) is 0 Å². The summed E-state index contributed by atoms with van der Waals surface area (Å²) in [5.74, 6) is 1.66. The van der Waals surface area contributed by atoms with E-state index >= 15 is 0 Å². The summed E-state index contributed by atoms with van der Waals surface area (Å²) >= 11 is 3.54. The molecule has 0 saturated heterocycles. The van der Waals surface area contributed by atoms with Crippen molar-refractivity contribution in [1.82, 2.24) is 0 Å². The van der Waals surface area contributed by atoms with Crippen molar-refractivity contribution >= 4 is 15.9 Å². The first-order valence-corrected chi connectivity index (χ1v) is 6.55. The van der Waals surface area contributed by atoms with E-state index in [2.05, 4.69) is 35.8 Å². The highest BCUT2D eigenvalue weighted by molar-refractivity contribution is 9.09. The van der Waals surface area contributed by atoms with Gasteiger partial charge in [-0.05, 0) is 13.0 Å². The van der Waals surface area contributed by atoms with Crippen LogP contribution < -0.4 is 9.47 Å². The molecule has 0 fully saturated rings. The summed E-state index contributed by atoms with van der Waals surface area (Å²) in [5.41, 5.74) is 1.19. The summed E-state index contributed by atoms with van der Waals surface area (Å²) in [6, 6.07) is 6.03. The predicted molar refractivity (Wildman–Crippen MR) is 71.0 cm³/mol. The topological polar surface area (TPSA) is 18.5 Å². The Morgan fingerprint density at radius 2 is 2.00 bits per heavy atom. The van der Waals surface area contributed by atoms with Crippen LogP contribution in [0.15, 0.2) is 18.2 Å². The summed E-state index contributed by atoms with van der Waals surface area (Å²) < 4.78 is 11.0. The highest BCUT2D eigenvalue weighted by Crippen LogP contribution is 2.39. The molecule has 1 rings (SSSR count). The SMILES string of the molecule is CCOc1cccc(C(C)(C)CBr)c1OC. The van der Waals surface area contributed by atoms with Gasteiger partial charge in [-0.3, -0.25) is 0 Å². The Kier molecular flexibility index (Phi) is 4.66. The Morgan fingerprint density at radius 1 is 1.31 bits per heavy atom. The molecule has 0 amide bonds. The first-order chi connectivity index (χ1) is 7.56. The van der Waals surface area contributed by atoms with Crippen LogP contribution in [-0.4, -0.2) is 19.0 Å². The van der Waals surface area contributed by atoms with Crippen molar-refractivity contribution in [1.29, 1.82) is 0 Å². The zero-order chi connectivity index (χ0) is 12.2. The molecule has 0 bridgehead atoms. The van der Waals surface area contributed by atoms with Gasteiger partial charge in [-0.2, -0.15) is 0 Å². The minimum absolute atomic E-state index is 0.0262. The average Bonchev–Trinajstić information content (AvgIpc) is 2.29. The molecule has 0 radical (unpaired) electrons. The minimum Gasteiger partial charge on any atom is -0.493 e. The Balaban J connectivity index is 3.23. The van der Waals surface area contributed by atoms with Gasteiger partial charge < -0.3 is 9.47 Å². The van der Waals surface area contributed by atoms with Crippen molar-refractivity contribution in [3.8, 4) is 11.5 Å². The van der Waals surface area contributed by atoms with Gasteiger partial charge in [0.05, 0.1) is 13.7 Å². The molecule has 3 heteroatoms. The second kappa shape index (κ2) is 5.58. The van der Waals surface area contributed by atoms with Crippen LogP contribution in [0.2, 0.25) is 0 Å². The summed E-state index contributed by atoms with van der Waals surface area (Å²) in [6.45, 7) is 6.97. The summed E-state index contributed by atoms with van der Waals surface area (Å²) in [4.78, 5) is 0. The van der Waals surface area contributed by atoms with Crippen molar-refractivity contribution in [3.63, 3.8) is 0 Å². The number of para-hydroxylation sites is 1. The highest BCUT2D eigenvalue weighted by atomic mass is 79.9. The van der Waals surface area contributed by atoms with Crippen LogP contribution in [-0.2, 0) is 5.41 Å². The van der Waals surface area contributed by atoms with Gasteiger partial charge in [-0.25, -0.2) is 0 Å². The van der Waals surface area contributed by atoms with E-state index in [1.807, 2.05) is 19.1 Å². The molecule has 0 aliphatic carbocycles. The fourth-order valence-electron chi connectivity index (χ4n) is 1.60. The third kappa shape index (κ3) is 2.70. The van der Waals surface area contributed by atoms with Crippen LogP contribution in [0, 0.1) is 0 Å². The smallest absolute Gasteiger partial charge is 0.164 e. The van der Waals surface area contributed by atoms with Gasteiger partial charge in [-0.15, -0.1) is 0 Å². The van der Waals surface area contributed by atoms with Crippen LogP contribution in [0.5, 0.6) is 11.5 Å². The maximum atomic E-state index is 5.57.